The quantitative estimate of drug-likeness (QED) is 0.306. The van der Waals surface area contributed by atoms with Gasteiger partial charge in [-0.15, -0.1) is 0 Å². The number of nitrogens with zero attached hydrogens (tertiary/aromatic N) is 2. The van der Waals surface area contributed by atoms with E-state index in [9.17, 15) is 10.1 Å². The molecule has 19 heavy (non-hydrogen) atoms. The molecule has 0 aliphatic carbocycles. The molecule has 1 rings (SSSR count). The summed E-state index contributed by atoms with van der Waals surface area (Å²) < 4.78 is 10.1. The molecule has 1 aromatic rings. The standard InChI is InChI=1S/C10H13N5O4/c1-18-8-4-7(15(16)17)3-6(9(8)19-2)5-13-14-10(11)12/h3-5H,1-2H3,(H4,11,12,14)/b13-5+. The molecule has 9 heteroatoms. The predicted octanol–water partition coefficient (Wildman–Crippen LogP) is 0.429. The largest absolute Gasteiger partial charge is 0.493 e. The van der Waals surface area contributed by atoms with Gasteiger partial charge >= 0.3 is 0 Å². The van der Waals surface area contributed by atoms with Gasteiger partial charge < -0.3 is 15.2 Å². The lowest BCUT2D eigenvalue weighted by atomic mass is 10.1. The topological polar surface area (TPSA) is 136 Å². The molecule has 0 radical (unpaired) electrons. The van der Waals surface area contributed by atoms with E-state index in [1.807, 2.05) is 0 Å². The van der Waals surface area contributed by atoms with Crippen LogP contribution in [0.4, 0.5) is 5.69 Å². The molecule has 4 N–H and O–H groups in total. The lowest BCUT2D eigenvalue weighted by Gasteiger charge is -2.09. The number of non-ortho nitro benzene ring substituents is 1. The van der Waals surface area contributed by atoms with Crippen molar-refractivity contribution in [3.63, 3.8) is 0 Å². The molecule has 0 spiro atoms. The highest BCUT2D eigenvalue weighted by molar-refractivity contribution is 5.87. The lowest BCUT2D eigenvalue weighted by Crippen LogP contribution is -2.25. The van der Waals surface area contributed by atoms with Gasteiger partial charge in [-0.1, -0.05) is 0 Å². The van der Waals surface area contributed by atoms with Gasteiger partial charge in [-0.05, 0) is 0 Å². The van der Waals surface area contributed by atoms with E-state index in [1.54, 1.807) is 0 Å². The van der Waals surface area contributed by atoms with Crippen LogP contribution in [0.5, 0.6) is 11.5 Å². The fourth-order valence-electron chi connectivity index (χ4n) is 1.35. The zero-order valence-corrected chi connectivity index (χ0v) is 10.3. The number of benzene rings is 1. The van der Waals surface area contributed by atoms with E-state index in [0.29, 0.717) is 11.3 Å². The summed E-state index contributed by atoms with van der Waals surface area (Å²) in [7, 11) is 2.77. The number of nitro benzene ring substituents is 1. The van der Waals surface area contributed by atoms with Crippen LogP contribution in [0.3, 0.4) is 0 Å². The Bertz CT molecular complexity index is 529. The zero-order chi connectivity index (χ0) is 14.4. The Hall–Kier alpha value is -2.84. The molecule has 0 fully saturated rings. The Morgan fingerprint density at radius 1 is 1.53 bits per heavy atom. The molecule has 0 bridgehead atoms. The van der Waals surface area contributed by atoms with Crippen molar-refractivity contribution < 1.29 is 14.4 Å². The zero-order valence-electron chi connectivity index (χ0n) is 10.3. The summed E-state index contributed by atoms with van der Waals surface area (Å²) >= 11 is 0. The number of nitrogens with two attached hydrogens (primary N) is 1. The molecule has 0 aliphatic rings. The minimum Gasteiger partial charge on any atom is -0.493 e. The van der Waals surface area contributed by atoms with Gasteiger partial charge in [-0.25, -0.2) is 5.43 Å². The average Bonchev–Trinajstić information content (AvgIpc) is 2.37. The van der Waals surface area contributed by atoms with Crippen molar-refractivity contribution in [3.8, 4) is 11.5 Å². The summed E-state index contributed by atoms with van der Waals surface area (Å²) in [6.45, 7) is 0. The molecule has 0 saturated carbocycles. The molecule has 0 atom stereocenters. The number of nitro groups is 1. The fourth-order valence-corrected chi connectivity index (χ4v) is 1.35. The summed E-state index contributed by atoms with van der Waals surface area (Å²) in [6.07, 6.45) is 1.25. The first-order valence-electron chi connectivity index (χ1n) is 5.03. The second-order valence-electron chi connectivity index (χ2n) is 3.31. The van der Waals surface area contributed by atoms with E-state index < -0.39 is 4.92 Å². The Morgan fingerprint density at radius 3 is 2.68 bits per heavy atom. The van der Waals surface area contributed by atoms with Gasteiger partial charge in [0, 0.05) is 11.6 Å². The van der Waals surface area contributed by atoms with Crippen molar-refractivity contribution >= 4 is 17.9 Å². The molecule has 0 aliphatic heterocycles. The second kappa shape index (κ2) is 6.19. The van der Waals surface area contributed by atoms with Crippen molar-refractivity contribution in [3.05, 3.63) is 27.8 Å². The molecule has 9 nitrogen and oxygen atoms in total. The number of hydrazone groups is 1. The van der Waals surface area contributed by atoms with Gasteiger partial charge in [0.25, 0.3) is 5.69 Å². The highest BCUT2D eigenvalue weighted by Gasteiger charge is 2.16. The van der Waals surface area contributed by atoms with Gasteiger partial charge in [-0.3, -0.25) is 15.5 Å². The molecule has 0 saturated heterocycles. The minimum atomic E-state index is -0.558. The number of ether oxygens (including phenoxy) is 2. The van der Waals surface area contributed by atoms with Crippen molar-refractivity contribution in [2.45, 2.75) is 0 Å². The van der Waals surface area contributed by atoms with Crippen LogP contribution >= 0.6 is 0 Å². The number of rotatable bonds is 5. The Kier molecular flexibility index (Phi) is 4.63. The van der Waals surface area contributed by atoms with Crippen LogP contribution in [-0.4, -0.2) is 31.3 Å². The second-order valence-corrected chi connectivity index (χ2v) is 3.31. The highest BCUT2D eigenvalue weighted by atomic mass is 16.6. The first-order valence-corrected chi connectivity index (χ1v) is 5.03. The summed E-state index contributed by atoms with van der Waals surface area (Å²) in [5.41, 5.74) is 7.41. The molecule has 1 aromatic carbocycles. The SMILES string of the molecule is COc1cc([N+](=O)[O-])cc(/C=N/NC(=N)N)c1OC. The molecular formula is C10H13N5O4. The smallest absolute Gasteiger partial charge is 0.274 e. The minimum absolute atomic E-state index is 0.165. The third-order valence-corrected chi connectivity index (χ3v) is 2.09. The lowest BCUT2D eigenvalue weighted by molar-refractivity contribution is -0.385. The third-order valence-electron chi connectivity index (χ3n) is 2.09. The summed E-state index contributed by atoms with van der Waals surface area (Å²) in [6, 6.07) is 2.52. The van der Waals surface area contributed by atoms with E-state index >= 15 is 0 Å². The van der Waals surface area contributed by atoms with E-state index in [2.05, 4.69) is 10.5 Å². The number of hydrogen-bond acceptors (Lipinski definition) is 6. The summed E-state index contributed by atoms with van der Waals surface area (Å²) in [5.74, 6) is 0.149. The first-order chi connectivity index (χ1) is 8.99. The first kappa shape index (κ1) is 14.2. The monoisotopic (exact) mass is 267 g/mol. The van der Waals surface area contributed by atoms with E-state index in [1.165, 1.54) is 32.6 Å². The van der Waals surface area contributed by atoms with E-state index in [-0.39, 0.29) is 17.4 Å². The predicted molar refractivity (Wildman–Crippen MR) is 68.8 cm³/mol. The highest BCUT2D eigenvalue weighted by Crippen LogP contribution is 2.34. The Balaban J connectivity index is 3.25. The normalized spacial score (nSPS) is 10.2. The molecule has 0 heterocycles. The van der Waals surface area contributed by atoms with Gasteiger partial charge in [-0.2, -0.15) is 5.10 Å². The maximum atomic E-state index is 10.8. The van der Waals surface area contributed by atoms with Gasteiger partial charge in [0.1, 0.15) is 0 Å². The van der Waals surface area contributed by atoms with Crippen LogP contribution in [0.2, 0.25) is 0 Å². The molecule has 0 amide bonds. The molecular weight excluding hydrogens is 254 g/mol. The van der Waals surface area contributed by atoms with E-state index in [0.717, 1.165) is 0 Å². The maximum absolute atomic E-state index is 10.8. The van der Waals surface area contributed by atoms with E-state index in [4.69, 9.17) is 20.6 Å². The summed E-state index contributed by atoms with van der Waals surface area (Å²) in [5, 5.41) is 21.4. The van der Waals surface area contributed by atoms with Crippen LogP contribution in [0.15, 0.2) is 17.2 Å². The number of hydrogen-bond donors (Lipinski definition) is 3. The maximum Gasteiger partial charge on any atom is 0.274 e. The van der Waals surface area contributed by atoms with Crippen molar-refractivity contribution in [2.24, 2.45) is 10.8 Å². The molecule has 0 unspecified atom stereocenters. The van der Waals surface area contributed by atoms with Crippen LogP contribution in [0.1, 0.15) is 5.56 Å². The van der Waals surface area contributed by atoms with Crippen molar-refractivity contribution in [1.82, 2.24) is 5.43 Å². The van der Waals surface area contributed by atoms with Crippen LogP contribution in [0, 0.1) is 15.5 Å². The number of methoxy groups -OCH3 is 2. The summed E-state index contributed by atoms with van der Waals surface area (Å²) in [4.78, 5) is 10.2. The number of guanidine groups is 1. The third kappa shape index (κ3) is 3.56. The molecule has 102 valence electrons. The molecule has 0 aromatic heterocycles. The average molecular weight is 267 g/mol. The van der Waals surface area contributed by atoms with Crippen LogP contribution in [-0.2, 0) is 0 Å². The Labute approximate surface area is 108 Å². The van der Waals surface area contributed by atoms with Gasteiger partial charge in [0.05, 0.1) is 31.4 Å². The Morgan fingerprint density at radius 2 is 2.21 bits per heavy atom. The van der Waals surface area contributed by atoms with Crippen LogP contribution < -0.4 is 20.6 Å². The fraction of sp³-hybridized carbons (Fsp3) is 0.200. The number of nitrogens with one attached hydrogen (secondary N) is 2. The van der Waals surface area contributed by atoms with Crippen molar-refractivity contribution in [2.75, 3.05) is 14.2 Å². The van der Waals surface area contributed by atoms with Gasteiger partial charge in [0.15, 0.2) is 11.5 Å². The van der Waals surface area contributed by atoms with Crippen LogP contribution in [0.25, 0.3) is 0 Å². The van der Waals surface area contributed by atoms with Crippen molar-refractivity contribution in [1.29, 1.82) is 5.41 Å². The van der Waals surface area contributed by atoms with Gasteiger partial charge in [0.2, 0.25) is 5.96 Å².